The van der Waals surface area contributed by atoms with Crippen molar-refractivity contribution in [3.8, 4) is 0 Å². The van der Waals surface area contributed by atoms with Crippen LogP contribution in [0.4, 0.5) is 0 Å². The Balaban J connectivity index is 1.95. The quantitative estimate of drug-likeness (QED) is 0.830. The number of nitrogens with zero attached hydrogens (tertiary/aromatic N) is 3. The van der Waals surface area contributed by atoms with Gasteiger partial charge in [0.2, 0.25) is 0 Å². The van der Waals surface area contributed by atoms with Crippen LogP contribution in [0.3, 0.4) is 0 Å². The molecule has 2 aromatic heterocycles. The second kappa shape index (κ2) is 4.90. The summed E-state index contributed by atoms with van der Waals surface area (Å²) >= 11 is 0. The summed E-state index contributed by atoms with van der Waals surface area (Å²) in [7, 11) is 1.93. The number of aryl methyl sites for hydroxylation is 1. The number of imidazole rings is 1. The summed E-state index contributed by atoms with van der Waals surface area (Å²) in [5.74, 6) is 0.899. The van der Waals surface area contributed by atoms with Crippen molar-refractivity contribution >= 4 is 0 Å². The number of hydrogen-bond donors (Lipinski definition) is 1. The Morgan fingerprint density at radius 3 is 2.88 bits per heavy atom. The minimum Gasteiger partial charge on any atom is -0.392 e. The fourth-order valence-corrected chi connectivity index (χ4v) is 1.67. The van der Waals surface area contributed by atoms with Gasteiger partial charge in [-0.2, -0.15) is 0 Å². The molecule has 2 heterocycles. The van der Waals surface area contributed by atoms with Gasteiger partial charge in [0.25, 0.3) is 0 Å². The van der Waals surface area contributed by atoms with Gasteiger partial charge in [-0.3, -0.25) is 4.98 Å². The molecule has 2 rings (SSSR count). The van der Waals surface area contributed by atoms with E-state index in [9.17, 15) is 5.11 Å². The predicted octanol–water partition coefficient (Wildman–Crippen LogP) is 0.961. The molecule has 1 N–H and O–H groups in total. The Hall–Kier alpha value is -1.68. The topological polar surface area (TPSA) is 50.9 Å². The van der Waals surface area contributed by atoms with E-state index in [1.807, 2.05) is 29.9 Å². The first-order valence-corrected chi connectivity index (χ1v) is 5.29. The molecule has 1 atom stereocenters. The summed E-state index contributed by atoms with van der Waals surface area (Å²) in [6, 6.07) is 3.84. The van der Waals surface area contributed by atoms with Crippen LogP contribution in [0.2, 0.25) is 0 Å². The highest BCUT2D eigenvalue weighted by Gasteiger charge is 2.09. The molecule has 2 aromatic rings. The van der Waals surface area contributed by atoms with E-state index >= 15 is 0 Å². The number of pyridine rings is 1. The Morgan fingerprint density at radius 2 is 2.25 bits per heavy atom. The largest absolute Gasteiger partial charge is 0.392 e. The molecule has 0 saturated carbocycles. The van der Waals surface area contributed by atoms with Gasteiger partial charge in [0.1, 0.15) is 5.82 Å². The van der Waals surface area contributed by atoms with Gasteiger partial charge in [0.15, 0.2) is 0 Å². The number of aliphatic hydroxyl groups is 1. The molecule has 4 heteroatoms. The van der Waals surface area contributed by atoms with Gasteiger partial charge < -0.3 is 9.67 Å². The van der Waals surface area contributed by atoms with Gasteiger partial charge >= 0.3 is 0 Å². The number of hydrogen-bond acceptors (Lipinski definition) is 3. The molecule has 0 bridgehead atoms. The maximum atomic E-state index is 9.92. The fourth-order valence-electron chi connectivity index (χ4n) is 1.67. The van der Waals surface area contributed by atoms with E-state index < -0.39 is 6.10 Å². The first-order chi connectivity index (χ1) is 7.75. The van der Waals surface area contributed by atoms with Crippen molar-refractivity contribution in [2.24, 2.45) is 7.05 Å². The Bertz CT molecular complexity index is 439. The van der Waals surface area contributed by atoms with Gasteiger partial charge in [-0.05, 0) is 11.6 Å². The molecule has 0 saturated heterocycles. The molecule has 0 fully saturated rings. The second-order valence-corrected chi connectivity index (χ2v) is 3.88. The molecule has 4 nitrogen and oxygen atoms in total. The molecule has 0 aromatic carbocycles. The molecule has 0 spiro atoms. The van der Waals surface area contributed by atoms with Gasteiger partial charge in [-0.25, -0.2) is 4.98 Å². The van der Waals surface area contributed by atoms with Crippen molar-refractivity contribution in [1.29, 1.82) is 0 Å². The van der Waals surface area contributed by atoms with Crippen molar-refractivity contribution in [3.05, 3.63) is 48.3 Å². The third-order valence-electron chi connectivity index (χ3n) is 2.53. The van der Waals surface area contributed by atoms with E-state index in [4.69, 9.17) is 0 Å². The van der Waals surface area contributed by atoms with Crippen LogP contribution in [0, 0.1) is 0 Å². The lowest BCUT2D eigenvalue weighted by Crippen LogP contribution is -2.16. The van der Waals surface area contributed by atoms with Crippen LogP contribution in [0.1, 0.15) is 11.4 Å². The highest BCUT2D eigenvalue weighted by molar-refractivity contribution is 5.10. The molecule has 16 heavy (non-hydrogen) atoms. The van der Waals surface area contributed by atoms with E-state index in [2.05, 4.69) is 9.97 Å². The summed E-state index contributed by atoms with van der Waals surface area (Å²) in [6.45, 7) is 0. The van der Waals surface area contributed by atoms with Crippen molar-refractivity contribution in [1.82, 2.24) is 14.5 Å². The SMILES string of the molecule is Cn1ccnc1CC(O)Cc1cccnc1. The monoisotopic (exact) mass is 217 g/mol. The van der Waals surface area contributed by atoms with Crippen LogP contribution in [0.15, 0.2) is 36.9 Å². The zero-order valence-electron chi connectivity index (χ0n) is 9.24. The molecule has 0 aliphatic rings. The number of aliphatic hydroxyl groups excluding tert-OH is 1. The fraction of sp³-hybridized carbons (Fsp3) is 0.333. The molecule has 84 valence electrons. The second-order valence-electron chi connectivity index (χ2n) is 3.88. The van der Waals surface area contributed by atoms with Crippen LogP contribution in [0.5, 0.6) is 0 Å². The molecular formula is C12H15N3O. The van der Waals surface area contributed by atoms with Gasteiger partial charge in [-0.15, -0.1) is 0 Å². The van der Waals surface area contributed by atoms with Crippen molar-refractivity contribution in [2.45, 2.75) is 18.9 Å². The zero-order chi connectivity index (χ0) is 11.4. The molecule has 0 amide bonds. The lowest BCUT2D eigenvalue weighted by atomic mass is 10.1. The molecule has 0 aliphatic heterocycles. The lowest BCUT2D eigenvalue weighted by molar-refractivity contribution is 0.172. The summed E-state index contributed by atoms with van der Waals surface area (Å²) in [5.41, 5.74) is 1.05. The van der Waals surface area contributed by atoms with E-state index in [-0.39, 0.29) is 0 Å². The minimum absolute atomic E-state index is 0.412. The molecule has 0 radical (unpaired) electrons. The van der Waals surface area contributed by atoms with E-state index in [0.29, 0.717) is 12.8 Å². The Morgan fingerprint density at radius 1 is 1.38 bits per heavy atom. The lowest BCUT2D eigenvalue weighted by Gasteiger charge is -2.10. The van der Waals surface area contributed by atoms with E-state index in [1.54, 1.807) is 18.6 Å². The van der Waals surface area contributed by atoms with Gasteiger partial charge in [-0.1, -0.05) is 6.07 Å². The van der Waals surface area contributed by atoms with E-state index in [1.165, 1.54) is 0 Å². The zero-order valence-corrected chi connectivity index (χ0v) is 9.24. The molecule has 0 aliphatic carbocycles. The van der Waals surface area contributed by atoms with Crippen LogP contribution < -0.4 is 0 Å². The number of aromatic nitrogens is 3. The summed E-state index contributed by atoms with van der Waals surface area (Å²) in [4.78, 5) is 8.21. The molecular weight excluding hydrogens is 202 g/mol. The molecule has 1 unspecified atom stereocenters. The smallest absolute Gasteiger partial charge is 0.110 e. The normalized spacial score (nSPS) is 12.6. The van der Waals surface area contributed by atoms with Crippen molar-refractivity contribution in [2.75, 3.05) is 0 Å². The van der Waals surface area contributed by atoms with Gasteiger partial charge in [0.05, 0.1) is 6.10 Å². The average Bonchev–Trinajstić information content (AvgIpc) is 2.66. The highest BCUT2D eigenvalue weighted by Crippen LogP contribution is 2.06. The summed E-state index contributed by atoms with van der Waals surface area (Å²) in [5, 5.41) is 9.92. The Labute approximate surface area is 94.6 Å². The predicted molar refractivity (Wildman–Crippen MR) is 60.9 cm³/mol. The van der Waals surface area contributed by atoms with Crippen molar-refractivity contribution < 1.29 is 5.11 Å². The maximum absolute atomic E-state index is 9.92. The first-order valence-electron chi connectivity index (χ1n) is 5.29. The van der Waals surface area contributed by atoms with Crippen LogP contribution in [-0.2, 0) is 19.9 Å². The first kappa shape index (κ1) is 10.8. The van der Waals surface area contributed by atoms with Crippen LogP contribution in [-0.4, -0.2) is 25.7 Å². The number of rotatable bonds is 4. The van der Waals surface area contributed by atoms with Crippen LogP contribution >= 0.6 is 0 Å². The summed E-state index contributed by atoms with van der Waals surface area (Å²) in [6.07, 6.45) is 7.90. The van der Waals surface area contributed by atoms with Crippen molar-refractivity contribution in [3.63, 3.8) is 0 Å². The van der Waals surface area contributed by atoms with Crippen LogP contribution in [0.25, 0.3) is 0 Å². The summed E-state index contributed by atoms with van der Waals surface area (Å²) < 4.78 is 1.92. The average molecular weight is 217 g/mol. The maximum Gasteiger partial charge on any atom is 0.110 e. The standard InChI is InChI=1S/C12H15N3O/c1-15-6-5-14-12(15)8-11(16)7-10-3-2-4-13-9-10/h2-6,9,11,16H,7-8H2,1H3. The van der Waals surface area contributed by atoms with Gasteiger partial charge in [0, 0.05) is 44.7 Å². The third-order valence-corrected chi connectivity index (χ3v) is 2.53. The Kier molecular flexibility index (Phi) is 3.31. The third kappa shape index (κ3) is 2.67. The minimum atomic E-state index is -0.412. The highest BCUT2D eigenvalue weighted by atomic mass is 16.3. The van der Waals surface area contributed by atoms with E-state index in [0.717, 1.165) is 11.4 Å².